The molecule has 12 aromatic rings. The molecule has 8 bridgehead atoms. The highest BCUT2D eigenvalue weighted by Crippen LogP contribution is 2.66. The molecule has 0 atom stereocenters. The minimum atomic E-state index is 0.120. The van der Waals surface area contributed by atoms with Crippen LogP contribution in [0.25, 0.3) is 110 Å². The first-order chi connectivity index (χ1) is 36.6. The Morgan fingerprint density at radius 2 is 0.541 bits per heavy atom. The van der Waals surface area contributed by atoms with E-state index in [1.165, 1.54) is 165 Å². The number of para-hydroxylation sites is 4. The zero-order valence-electron chi connectivity index (χ0n) is 41.4. The van der Waals surface area contributed by atoms with Crippen molar-refractivity contribution in [3.8, 4) is 22.7 Å². The normalized spacial score (nSPS) is 28.8. The monoisotopic (exact) mass is 944 g/mol. The van der Waals surface area contributed by atoms with Crippen molar-refractivity contribution < 1.29 is 0 Å². The second kappa shape index (κ2) is 11.3. The number of hydrogen-bond acceptors (Lipinski definition) is 0. The molecule has 0 unspecified atom stereocenters. The largest absolute Gasteiger partial charge is 0.310 e. The van der Waals surface area contributed by atoms with Gasteiger partial charge in [-0.2, -0.15) is 0 Å². The molecule has 348 valence electrons. The van der Waals surface area contributed by atoms with Gasteiger partial charge in [0, 0.05) is 65.8 Å². The molecule has 13 aliphatic rings. The van der Waals surface area contributed by atoms with Crippen molar-refractivity contribution in [2.24, 2.45) is 35.5 Å². The summed E-state index contributed by atoms with van der Waals surface area (Å²) in [5.41, 5.74) is 30.7. The average molecular weight is 945 g/mol. The zero-order valence-corrected chi connectivity index (χ0v) is 41.4. The molecule has 74 heavy (non-hydrogen) atoms. The van der Waals surface area contributed by atoms with Gasteiger partial charge in [0.1, 0.15) is 0 Å². The van der Waals surface area contributed by atoms with Crippen LogP contribution in [0.4, 0.5) is 0 Å². The molecule has 0 saturated heterocycles. The smallest absolute Gasteiger partial charge is 0.251 e. The van der Waals surface area contributed by atoms with E-state index in [2.05, 4.69) is 140 Å². The molecular formula is C68H50B2N4. The third-order valence-electron chi connectivity index (χ3n) is 23.8. The lowest BCUT2D eigenvalue weighted by Gasteiger charge is -2.57. The number of hydrogen-bond donors (Lipinski definition) is 0. The van der Waals surface area contributed by atoms with Crippen LogP contribution in [0.3, 0.4) is 0 Å². The minimum absolute atomic E-state index is 0.120. The van der Waals surface area contributed by atoms with Gasteiger partial charge >= 0.3 is 0 Å². The summed E-state index contributed by atoms with van der Waals surface area (Å²) in [4.78, 5) is 0. The van der Waals surface area contributed by atoms with E-state index in [4.69, 9.17) is 0 Å². The summed E-state index contributed by atoms with van der Waals surface area (Å²) in [6.45, 7) is 0.239. The van der Waals surface area contributed by atoms with E-state index in [1.807, 2.05) is 0 Å². The second-order valence-corrected chi connectivity index (χ2v) is 27.0. The maximum absolute atomic E-state index is 2.85. The van der Waals surface area contributed by atoms with Crippen molar-refractivity contribution in [2.45, 2.75) is 87.9 Å². The van der Waals surface area contributed by atoms with E-state index in [0.29, 0.717) is 0 Å². The summed E-state index contributed by atoms with van der Waals surface area (Å²) in [7, 11) is 0. The van der Waals surface area contributed by atoms with Crippen LogP contribution in [0.5, 0.6) is 0 Å². The topological polar surface area (TPSA) is 19.7 Å². The maximum atomic E-state index is 2.85. The molecule has 8 aromatic carbocycles. The van der Waals surface area contributed by atoms with Gasteiger partial charge < -0.3 is 18.3 Å². The van der Waals surface area contributed by atoms with E-state index in [1.54, 1.807) is 65.4 Å². The highest BCUT2D eigenvalue weighted by Gasteiger charge is 2.59. The van der Waals surface area contributed by atoms with E-state index >= 15 is 0 Å². The standard InChI is InChI=1S/C68H50B2N4/c1-5-13-43-39(9-1)51-55(67-27-33-21-34(28-67)23-35(22-33)29-67)52-40-10-2-6-14-44(40)72-49-19-20-50-60-59(49)69-57-47(71(43)63(51)61(69)64(52)72)17-18-48-58(57)70(60)62-65-53(41-11-3-7-15-45(41)73(48)65)56(54-42-12-4-8-16-46(42)74(50)66(54)62)68-30-36-24-37(31-68)26-38(25-36)32-68/h1-20,33-38H,21-32H2. The fourth-order valence-corrected chi connectivity index (χ4v) is 23.0. The van der Waals surface area contributed by atoms with E-state index in [-0.39, 0.29) is 24.3 Å². The van der Waals surface area contributed by atoms with E-state index in [9.17, 15) is 0 Å². The third kappa shape index (κ3) is 3.58. The Bertz CT molecular complexity index is 4260. The van der Waals surface area contributed by atoms with Gasteiger partial charge in [-0.3, -0.25) is 0 Å². The Labute approximate surface area is 428 Å². The molecule has 0 radical (unpaired) electrons. The van der Waals surface area contributed by atoms with Gasteiger partial charge in [-0.15, -0.1) is 0 Å². The lowest BCUT2D eigenvalue weighted by Crippen LogP contribution is -2.80. The zero-order chi connectivity index (χ0) is 46.7. The fourth-order valence-electron chi connectivity index (χ4n) is 23.0. The summed E-state index contributed by atoms with van der Waals surface area (Å²) >= 11 is 0. The van der Waals surface area contributed by atoms with Crippen LogP contribution in [-0.4, -0.2) is 31.7 Å². The van der Waals surface area contributed by atoms with Crippen molar-refractivity contribution in [1.29, 1.82) is 0 Å². The number of fused-ring (bicyclic) bond motifs is 16. The summed E-state index contributed by atoms with van der Waals surface area (Å²) in [6, 6.07) is 49.3. The molecule has 9 heterocycles. The summed E-state index contributed by atoms with van der Waals surface area (Å²) in [6.07, 6.45) is 16.8. The Morgan fingerprint density at radius 1 is 0.297 bits per heavy atom. The molecule has 8 aliphatic carbocycles. The quantitative estimate of drug-likeness (QED) is 0.154. The van der Waals surface area contributed by atoms with Crippen LogP contribution in [0.1, 0.15) is 88.2 Å². The molecule has 5 aliphatic heterocycles. The Morgan fingerprint density at radius 3 is 0.797 bits per heavy atom. The highest BCUT2D eigenvalue weighted by atomic mass is 15.1. The molecule has 6 heteroatoms. The first-order valence-corrected chi connectivity index (χ1v) is 29.0. The molecular weight excluding hydrogens is 894 g/mol. The number of benzene rings is 8. The average Bonchev–Trinajstić information content (AvgIpc) is 4.27. The predicted molar refractivity (Wildman–Crippen MR) is 306 cm³/mol. The van der Waals surface area contributed by atoms with Gasteiger partial charge in [-0.25, -0.2) is 0 Å². The van der Waals surface area contributed by atoms with E-state index < -0.39 is 0 Å². The molecule has 0 amide bonds. The van der Waals surface area contributed by atoms with Crippen molar-refractivity contribution in [2.75, 3.05) is 0 Å². The summed E-state index contributed by atoms with van der Waals surface area (Å²) in [5.74, 6) is 5.12. The Hall–Kier alpha value is -6.91. The SMILES string of the molecule is c1ccc2c(c1)c1c(C34CC5CC(CC(C5)C3)C4)c3c4ccccc4n4c3c3c1n2-c1ccc2c5c1B3c1c-4ccc3c1B5c1c4c(c(C56CC7CC(CC(C7)C5)C6)c5c6ccccc6n-3c15)c1ccccc1n4-2. The first kappa shape index (κ1) is 36.9. The van der Waals surface area contributed by atoms with Crippen LogP contribution >= 0.6 is 0 Å². The third-order valence-corrected chi connectivity index (χ3v) is 23.8. The van der Waals surface area contributed by atoms with Crippen LogP contribution in [0, 0.1) is 35.5 Å². The van der Waals surface area contributed by atoms with Crippen LogP contribution < -0.4 is 32.8 Å². The Kier molecular flexibility index (Phi) is 5.66. The molecule has 0 N–H and O–H groups in total. The molecule has 4 nitrogen and oxygen atoms in total. The molecule has 0 spiro atoms. The fraction of sp³-hybridized carbons (Fsp3) is 0.294. The Balaban J connectivity index is 0.965. The predicted octanol–water partition coefficient (Wildman–Crippen LogP) is 11.6. The van der Waals surface area contributed by atoms with Gasteiger partial charge in [0.2, 0.25) is 0 Å². The summed E-state index contributed by atoms with van der Waals surface area (Å²) in [5, 5.41) is 12.2. The second-order valence-electron chi connectivity index (χ2n) is 27.0. The number of aromatic nitrogens is 4. The van der Waals surface area contributed by atoms with Crippen molar-refractivity contribution >= 4 is 133 Å². The first-order valence-electron chi connectivity index (χ1n) is 29.0. The van der Waals surface area contributed by atoms with Gasteiger partial charge in [-0.05, 0) is 216 Å². The summed E-state index contributed by atoms with van der Waals surface area (Å²) < 4.78 is 11.4. The van der Waals surface area contributed by atoms with Crippen LogP contribution in [0.15, 0.2) is 121 Å². The molecule has 8 fully saturated rings. The van der Waals surface area contributed by atoms with E-state index in [0.717, 1.165) is 35.5 Å². The van der Waals surface area contributed by atoms with Crippen molar-refractivity contribution in [3.63, 3.8) is 0 Å². The van der Waals surface area contributed by atoms with Gasteiger partial charge in [0.15, 0.2) is 0 Å². The highest BCUT2D eigenvalue weighted by molar-refractivity contribution is 7.15. The lowest BCUT2D eigenvalue weighted by molar-refractivity contribution is -0.00390. The number of rotatable bonds is 2. The van der Waals surface area contributed by atoms with Crippen molar-refractivity contribution in [3.05, 3.63) is 132 Å². The number of nitrogens with zero attached hydrogens (tertiary/aromatic N) is 4. The van der Waals surface area contributed by atoms with Crippen LogP contribution in [-0.2, 0) is 10.8 Å². The molecule has 8 saturated carbocycles. The minimum Gasteiger partial charge on any atom is -0.310 e. The van der Waals surface area contributed by atoms with Gasteiger partial charge in [-0.1, -0.05) is 72.8 Å². The van der Waals surface area contributed by atoms with Gasteiger partial charge in [0.05, 0.1) is 44.1 Å². The lowest BCUT2D eigenvalue weighted by atomic mass is 9.18. The maximum Gasteiger partial charge on any atom is 0.251 e. The van der Waals surface area contributed by atoms with Crippen LogP contribution in [0.2, 0.25) is 0 Å². The van der Waals surface area contributed by atoms with Crippen molar-refractivity contribution in [1.82, 2.24) is 18.3 Å². The molecule has 4 aromatic heterocycles. The van der Waals surface area contributed by atoms with Gasteiger partial charge in [0.25, 0.3) is 13.4 Å². The molecule has 25 rings (SSSR count).